The van der Waals surface area contributed by atoms with E-state index in [1.54, 1.807) is 19.2 Å². The number of aromatic nitrogens is 2. The van der Waals surface area contributed by atoms with E-state index in [-0.39, 0.29) is 18.0 Å². The standard InChI is InChI=1S/C9H13N3O3S/c1-9(2,4-3-7(13)14)10-8(15)6-5-16-12-11-6/h5H,3-4H2,1-2H3,(H,10,15)(H,13,14). The van der Waals surface area contributed by atoms with Crippen LogP contribution in [-0.2, 0) is 4.79 Å². The van der Waals surface area contributed by atoms with Gasteiger partial charge in [-0.2, -0.15) is 0 Å². The molecule has 2 N–H and O–H groups in total. The molecule has 0 saturated carbocycles. The van der Waals surface area contributed by atoms with Crippen molar-refractivity contribution < 1.29 is 14.7 Å². The van der Waals surface area contributed by atoms with Crippen LogP contribution < -0.4 is 5.32 Å². The van der Waals surface area contributed by atoms with Crippen molar-refractivity contribution >= 4 is 23.4 Å². The fourth-order valence-corrected chi connectivity index (χ4v) is 1.55. The quantitative estimate of drug-likeness (QED) is 0.802. The zero-order valence-electron chi connectivity index (χ0n) is 9.06. The van der Waals surface area contributed by atoms with E-state index in [2.05, 4.69) is 14.9 Å². The highest BCUT2D eigenvalue weighted by Gasteiger charge is 2.23. The molecule has 0 aliphatic rings. The van der Waals surface area contributed by atoms with Gasteiger partial charge in [0.15, 0.2) is 5.69 Å². The minimum absolute atomic E-state index is 0.0165. The van der Waals surface area contributed by atoms with Crippen molar-refractivity contribution in [2.24, 2.45) is 0 Å². The highest BCUT2D eigenvalue weighted by atomic mass is 32.1. The van der Waals surface area contributed by atoms with Crippen LogP contribution in [0.1, 0.15) is 37.2 Å². The minimum atomic E-state index is -0.877. The van der Waals surface area contributed by atoms with Gasteiger partial charge in [-0.05, 0) is 31.8 Å². The minimum Gasteiger partial charge on any atom is -0.481 e. The SMILES string of the molecule is CC(C)(CCC(=O)O)NC(=O)c1csnn1. The number of hydrogen-bond acceptors (Lipinski definition) is 5. The molecule has 0 aliphatic carbocycles. The second-order valence-electron chi connectivity index (χ2n) is 4.02. The molecule has 0 saturated heterocycles. The van der Waals surface area contributed by atoms with E-state index in [9.17, 15) is 9.59 Å². The molecule has 0 fully saturated rings. The van der Waals surface area contributed by atoms with E-state index in [1.165, 1.54) is 0 Å². The third-order valence-corrected chi connectivity index (χ3v) is 2.51. The fraction of sp³-hybridized carbons (Fsp3) is 0.556. The molecule has 0 bridgehead atoms. The number of carboxylic acids is 1. The smallest absolute Gasteiger partial charge is 0.303 e. The lowest BCUT2D eigenvalue weighted by Gasteiger charge is -2.24. The van der Waals surface area contributed by atoms with E-state index in [1.807, 2.05) is 0 Å². The molecule has 7 heteroatoms. The van der Waals surface area contributed by atoms with Crippen LogP contribution >= 0.6 is 11.5 Å². The van der Waals surface area contributed by atoms with Crippen LogP contribution in [0.3, 0.4) is 0 Å². The van der Waals surface area contributed by atoms with Crippen LogP contribution in [0.5, 0.6) is 0 Å². The molecule has 6 nitrogen and oxygen atoms in total. The summed E-state index contributed by atoms with van der Waals surface area (Å²) in [5, 5.41) is 16.5. The highest BCUT2D eigenvalue weighted by molar-refractivity contribution is 7.03. The molecule has 88 valence electrons. The summed E-state index contributed by atoms with van der Waals surface area (Å²) in [6.07, 6.45) is 0.383. The lowest BCUT2D eigenvalue weighted by atomic mass is 9.98. The first kappa shape index (κ1) is 12.6. The summed E-state index contributed by atoms with van der Waals surface area (Å²) in [7, 11) is 0. The molecule has 1 aromatic rings. The van der Waals surface area contributed by atoms with Gasteiger partial charge in [0.1, 0.15) is 0 Å². The summed E-state index contributed by atoms with van der Waals surface area (Å²) in [5.74, 6) is -1.21. The van der Waals surface area contributed by atoms with Crippen molar-refractivity contribution in [2.45, 2.75) is 32.2 Å². The van der Waals surface area contributed by atoms with E-state index in [0.717, 1.165) is 11.5 Å². The topological polar surface area (TPSA) is 92.2 Å². The van der Waals surface area contributed by atoms with Crippen LogP contribution in [0.25, 0.3) is 0 Å². The predicted octanol–water partition coefficient (Wildman–Crippen LogP) is 0.911. The van der Waals surface area contributed by atoms with Crippen molar-refractivity contribution in [3.8, 4) is 0 Å². The van der Waals surface area contributed by atoms with Crippen molar-refractivity contribution in [3.63, 3.8) is 0 Å². The maximum absolute atomic E-state index is 11.6. The van der Waals surface area contributed by atoms with Crippen molar-refractivity contribution in [2.75, 3.05) is 0 Å². The van der Waals surface area contributed by atoms with Crippen molar-refractivity contribution in [1.82, 2.24) is 14.9 Å². The molecule has 1 rings (SSSR count). The first-order chi connectivity index (χ1) is 7.41. The molecule has 1 amide bonds. The molecular formula is C9H13N3O3S. The third kappa shape index (κ3) is 3.93. The summed E-state index contributed by atoms with van der Waals surface area (Å²) < 4.78 is 3.58. The Morgan fingerprint density at radius 2 is 2.25 bits per heavy atom. The maximum atomic E-state index is 11.6. The lowest BCUT2D eigenvalue weighted by molar-refractivity contribution is -0.137. The highest BCUT2D eigenvalue weighted by Crippen LogP contribution is 2.12. The van der Waals surface area contributed by atoms with Crippen LogP contribution in [0, 0.1) is 0 Å². The van der Waals surface area contributed by atoms with Crippen LogP contribution in [0.2, 0.25) is 0 Å². The first-order valence-electron chi connectivity index (χ1n) is 4.72. The number of carbonyl (C=O) groups excluding carboxylic acids is 1. The zero-order valence-corrected chi connectivity index (χ0v) is 9.87. The van der Waals surface area contributed by atoms with Gasteiger partial charge in [0, 0.05) is 17.3 Å². The Morgan fingerprint density at radius 1 is 1.56 bits per heavy atom. The van der Waals surface area contributed by atoms with Gasteiger partial charge in [-0.3, -0.25) is 9.59 Å². The normalized spacial score (nSPS) is 11.1. The predicted molar refractivity (Wildman–Crippen MR) is 58.3 cm³/mol. The summed E-state index contributed by atoms with van der Waals surface area (Å²) >= 11 is 1.10. The molecule has 16 heavy (non-hydrogen) atoms. The molecule has 0 radical (unpaired) electrons. The van der Waals surface area contributed by atoms with Gasteiger partial charge in [0.05, 0.1) is 0 Å². The Labute approximate surface area is 96.8 Å². The van der Waals surface area contributed by atoms with E-state index in [0.29, 0.717) is 6.42 Å². The molecule has 1 aromatic heterocycles. The van der Waals surface area contributed by atoms with Crippen molar-refractivity contribution in [3.05, 3.63) is 11.1 Å². The molecule has 0 aromatic carbocycles. The average molecular weight is 243 g/mol. The van der Waals surface area contributed by atoms with Gasteiger partial charge in [-0.15, -0.1) is 5.10 Å². The number of nitrogens with one attached hydrogen (secondary N) is 1. The number of nitrogens with zero attached hydrogens (tertiary/aromatic N) is 2. The molecule has 0 aliphatic heterocycles. The largest absolute Gasteiger partial charge is 0.481 e. The first-order valence-corrected chi connectivity index (χ1v) is 5.56. The van der Waals surface area contributed by atoms with Gasteiger partial charge in [0.2, 0.25) is 0 Å². The van der Waals surface area contributed by atoms with Gasteiger partial charge in [0.25, 0.3) is 5.91 Å². The summed E-state index contributed by atoms with van der Waals surface area (Å²) in [4.78, 5) is 22.0. The molecule has 1 heterocycles. The summed E-state index contributed by atoms with van der Waals surface area (Å²) in [6, 6.07) is 0. The second-order valence-corrected chi connectivity index (χ2v) is 4.63. The number of hydrogen-bond donors (Lipinski definition) is 2. The number of aliphatic carboxylic acids is 1. The zero-order chi connectivity index (χ0) is 12.2. The lowest BCUT2D eigenvalue weighted by Crippen LogP contribution is -2.43. The van der Waals surface area contributed by atoms with Crippen molar-refractivity contribution in [1.29, 1.82) is 0 Å². The Hall–Kier alpha value is -1.50. The van der Waals surface area contributed by atoms with E-state index >= 15 is 0 Å². The van der Waals surface area contributed by atoms with Gasteiger partial charge < -0.3 is 10.4 Å². The fourth-order valence-electron chi connectivity index (χ4n) is 1.12. The Kier molecular flexibility index (Phi) is 3.94. The van der Waals surface area contributed by atoms with E-state index < -0.39 is 11.5 Å². The Morgan fingerprint density at radius 3 is 2.75 bits per heavy atom. The average Bonchev–Trinajstić information content (AvgIpc) is 2.67. The van der Waals surface area contributed by atoms with Gasteiger partial charge in [-0.25, -0.2) is 0 Å². The summed E-state index contributed by atoms with van der Waals surface area (Å²) in [5.41, 5.74) is -0.313. The number of carboxylic acid groups (broad SMARTS) is 1. The van der Waals surface area contributed by atoms with Crippen LogP contribution in [-0.4, -0.2) is 32.1 Å². The van der Waals surface area contributed by atoms with Gasteiger partial charge in [-0.1, -0.05) is 4.49 Å². The molecule has 0 spiro atoms. The number of amides is 1. The molecule has 0 atom stereocenters. The van der Waals surface area contributed by atoms with E-state index in [4.69, 9.17) is 5.11 Å². The Bertz CT molecular complexity index is 375. The monoisotopic (exact) mass is 243 g/mol. The van der Waals surface area contributed by atoms with Gasteiger partial charge >= 0.3 is 5.97 Å². The number of rotatable bonds is 5. The number of carbonyl (C=O) groups is 2. The second kappa shape index (κ2) is 5.02. The summed E-state index contributed by atoms with van der Waals surface area (Å²) in [6.45, 7) is 3.54. The molecular weight excluding hydrogens is 230 g/mol. The maximum Gasteiger partial charge on any atom is 0.303 e. The van der Waals surface area contributed by atoms with Crippen LogP contribution in [0.15, 0.2) is 5.38 Å². The Balaban J connectivity index is 2.52. The van der Waals surface area contributed by atoms with Crippen LogP contribution in [0.4, 0.5) is 0 Å². The third-order valence-electron chi connectivity index (χ3n) is 2.01. The molecule has 0 unspecified atom stereocenters.